The second-order valence-corrected chi connectivity index (χ2v) is 10.3. The molecular weight excluding hydrogens is 499 g/mol. The molecule has 0 radical (unpaired) electrons. The molecule has 0 amide bonds. The number of hydrogen-bond acceptors (Lipinski definition) is 7. The largest absolute Gasteiger partial charge is 0.464 e. The van der Waals surface area contributed by atoms with Crippen molar-refractivity contribution in [2.45, 2.75) is 75.4 Å². The van der Waals surface area contributed by atoms with E-state index in [-0.39, 0.29) is 47.7 Å². The van der Waals surface area contributed by atoms with Crippen LogP contribution in [-0.4, -0.2) is 41.4 Å². The predicted octanol–water partition coefficient (Wildman–Crippen LogP) is 6.14. The van der Waals surface area contributed by atoms with E-state index in [1.807, 2.05) is 12.1 Å². The van der Waals surface area contributed by atoms with Crippen LogP contribution in [0.4, 0.5) is 19.0 Å². The fraction of sp³-hybridized carbons (Fsp3) is 0.464. The number of rotatable bonds is 7. The van der Waals surface area contributed by atoms with Crippen molar-refractivity contribution >= 4 is 11.8 Å². The summed E-state index contributed by atoms with van der Waals surface area (Å²) in [4.78, 5) is 18.8. The molecule has 10 heteroatoms. The zero-order valence-electron chi connectivity index (χ0n) is 20.9. The first kappa shape index (κ1) is 24.9. The number of alkyl halides is 3. The Hall–Kier alpha value is -3.40. The Morgan fingerprint density at radius 3 is 2.47 bits per heavy atom. The summed E-state index contributed by atoms with van der Waals surface area (Å²) < 4.78 is 58.1. The molecule has 6 rings (SSSR count). The Morgan fingerprint density at radius 2 is 1.79 bits per heavy atom. The van der Waals surface area contributed by atoms with E-state index in [1.54, 1.807) is 12.1 Å². The van der Waals surface area contributed by atoms with E-state index < -0.39 is 17.7 Å². The fourth-order valence-electron chi connectivity index (χ4n) is 5.90. The number of pyridine rings is 1. The van der Waals surface area contributed by atoms with Gasteiger partial charge in [0.1, 0.15) is 17.3 Å². The SMILES string of the molecule is COC(=O)c1cccc(N2[C@@H]3CC[C@H]2CC(OCc2c(-c4ccccc4C(F)(F)F)noc2C2CC2)C3)n1. The third kappa shape index (κ3) is 4.66. The van der Waals surface area contributed by atoms with Crippen LogP contribution in [-0.2, 0) is 22.3 Å². The van der Waals surface area contributed by atoms with Crippen molar-refractivity contribution in [1.29, 1.82) is 0 Å². The first-order valence-electron chi connectivity index (χ1n) is 12.9. The molecule has 1 aromatic carbocycles. The van der Waals surface area contributed by atoms with E-state index in [1.165, 1.54) is 19.2 Å². The summed E-state index contributed by atoms with van der Waals surface area (Å²) in [5.41, 5.74) is 0.385. The van der Waals surface area contributed by atoms with Gasteiger partial charge in [0.2, 0.25) is 0 Å². The molecule has 0 N–H and O–H groups in total. The van der Waals surface area contributed by atoms with E-state index in [0.717, 1.165) is 50.4 Å². The highest BCUT2D eigenvalue weighted by Crippen LogP contribution is 2.46. The zero-order valence-corrected chi connectivity index (χ0v) is 20.9. The molecule has 3 fully saturated rings. The summed E-state index contributed by atoms with van der Waals surface area (Å²) in [7, 11) is 1.33. The zero-order chi connectivity index (χ0) is 26.4. The molecule has 1 unspecified atom stereocenters. The quantitative estimate of drug-likeness (QED) is 0.342. The molecule has 2 saturated heterocycles. The van der Waals surface area contributed by atoms with Gasteiger partial charge in [0.05, 0.1) is 25.4 Å². The lowest BCUT2D eigenvalue weighted by atomic mass is 9.98. The van der Waals surface area contributed by atoms with Crippen LogP contribution in [0.15, 0.2) is 47.0 Å². The molecule has 3 aromatic rings. The van der Waals surface area contributed by atoms with E-state index in [2.05, 4.69) is 15.0 Å². The average molecular weight is 528 g/mol. The number of fused-ring (bicyclic) bond motifs is 2. The molecule has 0 spiro atoms. The van der Waals surface area contributed by atoms with Crippen molar-refractivity contribution in [3.8, 4) is 11.3 Å². The highest BCUT2D eigenvalue weighted by Gasteiger charge is 2.43. The van der Waals surface area contributed by atoms with Crippen LogP contribution < -0.4 is 4.90 Å². The smallest absolute Gasteiger partial charge is 0.417 e. The van der Waals surface area contributed by atoms with Gasteiger partial charge in [-0.2, -0.15) is 13.2 Å². The normalized spacial score (nSPS) is 23.1. The first-order chi connectivity index (χ1) is 18.3. The van der Waals surface area contributed by atoms with Gasteiger partial charge >= 0.3 is 12.1 Å². The molecule has 2 aromatic heterocycles. The van der Waals surface area contributed by atoms with E-state index in [4.69, 9.17) is 14.0 Å². The Labute approximate surface area is 217 Å². The molecule has 4 heterocycles. The topological polar surface area (TPSA) is 77.7 Å². The predicted molar refractivity (Wildman–Crippen MR) is 132 cm³/mol. The third-order valence-corrected chi connectivity index (χ3v) is 7.80. The van der Waals surface area contributed by atoms with Crippen molar-refractivity contribution in [3.05, 3.63) is 65.0 Å². The summed E-state index contributed by atoms with van der Waals surface area (Å²) in [6, 6.07) is 11.2. The lowest BCUT2D eigenvalue weighted by molar-refractivity contribution is -0.137. The van der Waals surface area contributed by atoms with Gasteiger partial charge in [-0.1, -0.05) is 29.4 Å². The maximum Gasteiger partial charge on any atom is 0.417 e. The number of anilines is 1. The third-order valence-electron chi connectivity index (χ3n) is 7.80. The van der Waals surface area contributed by atoms with Crippen LogP contribution >= 0.6 is 0 Å². The summed E-state index contributed by atoms with van der Waals surface area (Å²) in [5, 5.41) is 4.10. The number of ether oxygens (including phenoxy) is 2. The summed E-state index contributed by atoms with van der Waals surface area (Å²) in [6.07, 6.45) is 0.807. The Kier molecular flexibility index (Phi) is 6.37. The van der Waals surface area contributed by atoms with E-state index in [9.17, 15) is 18.0 Å². The number of methoxy groups -OCH3 is 1. The number of nitrogens with zero attached hydrogens (tertiary/aromatic N) is 3. The summed E-state index contributed by atoms with van der Waals surface area (Å²) in [5.74, 6) is 1.10. The maximum atomic E-state index is 13.8. The second kappa shape index (κ2) is 9.72. The van der Waals surface area contributed by atoms with Gasteiger partial charge < -0.3 is 18.9 Å². The second-order valence-electron chi connectivity index (χ2n) is 10.3. The Balaban J connectivity index is 1.21. The number of carbonyl (C=O) groups is 1. The lowest BCUT2D eigenvalue weighted by Crippen LogP contribution is -2.46. The van der Waals surface area contributed by atoms with Gasteiger partial charge in [0.15, 0.2) is 5.69 Å². The molecule has 3 aliphatic rings. The minimum absolute atomic E-state index is 0.0145. The monoisotopic (exact) mass is 527 g/mol. The Bertz CT molecular complexity index is 1320. The van der Waals surface area contributed by atoms with Crippen LogP contribution in [0.5, 0.6) is 0 Å². The number of aromatic nitrogens is 2. The summed E-state index contributed by atoms with van der Waals surface area (Å²) in [6.45, 7) is 0.150. The molecule has 1 saturated carbocycles. The van der Waals surface area contributed by atoms with Gasteiger partial charge in [0.25, 0.3) is 0 Å². The fourth-order valence-corrected chi connectivity index (χ4v) is 5.90. The van der Waals surface area contributed by atoms with Crippen LogP contribution in [0.25, 0.3) is 11.3 Å². The molecule has 2 bridgehead atoms. The minimum Gasteiger partial charge on any atom is -0.464 e. The molecule has 2 aliphatic heterocycles. The minimum atomic E-state index is -4.50. The molecule has 200 valence electrons. The van der Waals surface area contributed by atoms with Crippen molar-refractivity contribution < 1.29 is 32.0 Å². The van der Waals surface area contributed by atoms with Gasteiger partial charge in [-0.05, 0) is 56.7 Å². The van der Waals surface area contributed by atoms with Crippen molar-refractivity contribution in [3.63, 3.8) is 0 Å². The highest BCUT2D eigenvalue weighted by atomic mass is 19.4. The van der Waals surface area contributed by atoms with Crippen molar-refractivity contribution in [2.75, 3.05) is 12.0 Å². The number of carbonyl (C=O) groups excluding carboxylic acids is 1. The van der Waals surface area contributed by atoms with E-state index >= 15 is 0 Å². The number of esters is 1. The number of halogens is 3. The lowest BCUT2D eigenvalue weighted by Gasteiger charge is -2.39. The molecule has 38 heavy (non-hydrogen) atoms. The van der Waals surface area contributed by atoms with Crippen LogP contribution in [0, 0.1) is 0 Å². The average Bonchev–Trinajstić information content (AvgIpc) is 3.62. The van der Waals surface area contributed by atoms with Gasteiger partial charge in [-0.3, -0.25) is 0 Å². The van der Waals surface area contributed by atoms with Crippen LogP contribution in [0.2, 0.25) is 0 Å². The maximum absolute atomic E-state index is 13.8. The Morgan fingerprint density at radius 1 is 1.05 bits per heavy atom. The van der Waals surface area contributed by atoms with Crippen molar-refractivity contribution in [1.82, 2.24) is 10.1 Å². The summed E-state index contributed by atoms with van der Waals surface area (Å²) >= 11 is 0. The first-order valence-corrected chi connectivity index (χ1v) is 12.9. The van der Waals surface area contributed by atoms with E-state index in [0.29, 0.717) is 11.3 Å². The van der Waals surface area contributed by atoms with Crippen molar-refractivity contribution in [2.24, 2.45) is 0 Å². The number of piperidine rings is 1. The number of hydrogen-bond donors (Lipinski definition) is 0. The van der Waals surface area contributed by atoms with Gasteiger partial charge in [0, 0.05) is 29.1 Å². The van der Waals surface area contributed by atoms with Gasteiger partial charge in [-0.15, -0.1) is 0 Å². The van der Waals surface area contributed by atoms with Crippen LogP contribution in [0.1, 0.15) is 71.8 Å². The molecular formula is C28H28F3N3O4. The van der Waals surface area contributed by atoms with Gasteiger partial charge in [-0.25, -0.2) is 9.78 Å². The van der Waals surface area contributed by atoms with Crippen LogP contribution in [0.3, 0.4) is 0 Å². The number of benzene rings is 1. The molecule has 7 nitrogen and oxygen atoms in total. The molecule has 3 atom stereocenters. The molecule has 1 aliphatic carbocycles. The standard InChI is InChI=1S/C28H28F3N3O4/c1-36-27(35)23-7-4-8-24(32-23)34-17-11-12-18(34)14-19(13-17)37-15-21-25(33-38-26(21)16-9-10-16)20-5-2-3-6-22(20)28(29,30)31/h2-8,16-19H,9-15H2,1H3/t17-,18+,19?. The highest BCUT2D eigenvalue weighted by molar-refractivity contribution is 5.87.